The van der Waals surface area contributed by atoms with E-state index < -0.39 is 18.2 Å². The lowest BCUT2D eigenvalue weighted by Crippen LogP contribution is -2.50. The summed E-state index contributed by atoms with van der Waals surface area (Å²) < 4.78 is 0. The summed E-state index contributed by atoms with van der Waals surface area (Å²) in [5.41, 5.74) is 0. The van der Waals surface area contributed by atoms with Crippen molar-refractivity contribution in [1.82, 2.24) is 5.32 Å². The van der Waals surface area contributed by atoms with Crippen LogP contribution in [0.3, 0.4) is 0 Å². The Balaban J connectivity index is 3.63. The van der Waals surface area contributed by atoms with Crippen molar-refractivity contribution >= 4 is 5.91 Å². The summed E-state index contributed by atoms with van der Waals surface area (Å²) in [5, 5.41) is 33.6. The maximum Gasteiger partial charge on any atom is 0.220 e. The number of nitrogens with one attached hydrogen (secondary N) is 1. The Morgan fingerprint density at radius 1 is 0.436 bits per heavy atom. The zero-order valence-corrected chi connectivity index (χ0v) is 37.1. The van der Waals surface area contributed by atoms with Crippen molar-refractivity contribution in [2.45, 2.75) is 283 Å². The van der Waals surface area contributed by atoms with Gasteiger partial charge in [-0.15, -0.1) is 0 Å². The Hall–Kier alpha value is -1.17. The summed E-state index contributed by atoms with van der Waals surface area (Å²) >= 11 is 0. The zero-order chi connectivity index (χ0) is 40.1. The van der Waals surface area contributed by atoms with Gasteiger partial charge in [-0.3, -0.25) is 4.79 Å². The molecule has 3 unspecified atom stereocenters. The van der Waals surface area contributed by atoms with Gasteiger partial charge in [0.1, 0.15) is 6.10 Å². The van der Waals surface area contributed by atoms with Gasteiger partial charge in [0.05, 0.1) is 18.8 Å². The first-order chi connectivity index (χ1) is 27.1. The second kappa shape index (κ2) is 45.5. The van der Waals surface area contributed by atoms with E-state index in [1.54, 1.807) is 0 Å². The zero-order valence-electron chi connectivity index (χ0n) is 37.1. The largest absolute Gasteiger partial charge is 0.394 e. The van der Waals surface area contributed by atoms with E-state index in [0.717, 1.165) is 44.9 Å². The molecule has 4 N–H and O–H groups in total. The Kier molecular flexibility index (Phi) is 44.6. The molecule has 5 heteroatoms. The van der Waals surface area contributed by atoms with Gasteiger partial charge in [0.25, 0.3) is 0 Å². The van der Waals surface area contributed by atoms with Crippen LogP contribution in [0.15, 0.2) is 24.3 Å². The van der Waals surface area contributed by atoms with Gasteiger partial charge in [-0.2, -0.15) is 0 Å². The number of carbonyl (C=O) groups excluding carboxylic acids is 1. The molecule has 55 heavy (non-hydrogen) atoms. The van der Waals surface area contributed by atoms with E-state index in [2.05, 4.69) is 43.5 Å². The molecule has 5 nitrogen and oxygen atoms in total. The van der Waals surface area contributed by atoms with Gasteiger partial charge in [0.15, 0.2) is 0 Å². The highest BCUT2D eigenvalue weighted by atomic mass is 16.3. The number of rotatable bonds is 45. The molecule has 0 aliphatic rings. The molecule has 1 amide bonds. The van der Waals surface area contributed by atoms with Crippen molar-refractivity contribution in [1.29, 1.82) is 0 Å². The number of hydrogen-bond donors (Lipinski definition) is 4. The third-order valence-corrected chi connectivity index (χ3v) is 11.5. The number of hydrogen-bond acceptors (Lipinski definition) is 4. The molecule has 0 aromatic rings. The van der Waals surface area contributed by atoms with Crippen molar-refractivity contribution in [3.05, 3.63) is 24.3 Å². The Morgan fingerprint density at radius 3 is 1.11 bits per heavy atom. The van der Waals surface area contributed by atoms with Crippen LogP contribution < -0.4 is 5.32 Å². The minimum absolute atomic E-state index is 0.154. The normalized spacial score (nSPS) is 13.6. The number of carbonyl (C=O) groups is 1. The summed E-state index contributed by atoms with van der Waals surface area (Å²) in [6.07, 6.45) is 55.9. The number of aliphatic hydroxyl groups is 3. The molecular formula is C50H97NO4. The monoisotopic (exact) mass is 776 g/mol. The van der Waals surface area contributed by atoms with Crippen LogP contribution in [0.5, 0.6) is 0 Å². The fourth-order valence-corrected chi connectivity index (χ4v) is 7.71. The van der Waals surface area contributed by atoms with Crippen molar-refractivity contribution in [2.24, 2.45) is 0 Å². The molecule has 0 fully saturated rings. The van der Waals surface area contributed by atoms with Crippen LogP contribution in [0.25, 0.3) is 0 Å². The van der Waals surface area contributed by atoms with Crippen LogP contribution in [0.2, 0.25) is 0 Å². The van der Waals surface area contributed by atoms with Crippen LogP contribution in [0.4, 0.5) is 0 Å². The van der Waals surface area contributed by atoms with Crippen molar-refractivity contribution in [3.63, 3.8) is 0 Å². The van der Waals surface area contributed by atoms with Gasteiger partial charge in [-0.25, -0.2) is 0 Å². The van der Waals surface area contributed by atoms with Gasteiger partial charge >= 0.3 is 0 Å². The predicted molar refractivity (Wildman–Crippen MR) is 241 cm³/mol. The fraction of sp³-hybridized carbons (Fsp3) is 0.900. The minimum atomic E-state index is -1.16. The molecular weight excluding hydrogens is 679 g/mol. The average Bonchev–Trinajstić information content (AvgIpc) is 3.19. The molecule has 0 rings (SSSR count). The lowest BCUT2D eigenvalue weighted by atomic mass is 10.0. The summed E-state index contributed by atoms with van der Waals surface area (Å²) in [7, 11) is 0. The standard InChI is InChI=1S/C50H97NO4/c1-3-5-7-9-11-13-15-17-19-21-23-25-27-29-31-33-35-37-39-41-43-45-49(54)51-47(46-52)50(55)48(53)44-42-40-38-36-34-32-30-28-26-24-22-20-18-16-14-12-10-8-6-4-2/h28,30,36,38,47-48,50,52-53,55H,3-27,29,31-35,37,39-46H2,1-2H3,(H,51,54)/b30-28+,38-36+. The molecule has 0 saturated carbocycles. The van der Waals surface area contributed by atoms with Gasteiger partial charge in [0.2, 0.25) is 5.91 Å². The van der Waals surface area contributed by atoms with Crippen LogP contribution in [-0.4, -0.2) is 46.1 Å². The van der Waals surface area contributed by atoms with Crippen molar-refractivity contribution in [3.8, 4) is 0 Å². The average molecular weight is 776 g/mol. The third-order valence-electron chi connectivity index (χ3n) is 11.5. The highest BCUT2D eigenvalue weighted by Crippen LogP contribution is 2.16. The predicted octanol–water partition coefficient (Wildman–Crippen LogP) is 14.6. The van der Waals surface area contributed by atoms with Crippen LogP contribution in [0.1, 0.15) is 264 Å². The van der Waals surface area contributed by atoms with Gasteiger partial charge in [-0.05, 0) is 51.4 Å². The van der Waals surface area contributed by atoms with E-state index in [1.807, 2.05) is 0 Å². The number of allylic oxidation sites excluding steroid dienone is 4. The highest BCUT2D eigenvalue weighted by Gasteiger charge is 2.26. The molecule has 0 aliphatic heterocycles. The molecule has 326 valence electrons. The fourth-order valence-electron chi connectivity index (χ4n) is 7.71. The summed E-state index contributed by atoms with van der Waals surface area (Å²) in [6, 6.07) is -0.829. The van der Waals surface area contributed by atoms with E-state index in [0.29, 0.717) is 12.8 Å². The molecule has 0 spiro atoms. The Morgan fingerprint density at radius 2 is 0.745 bits per heavy atom. The number of amides is 1. The maximum absolute atomic E-state index is 12.5. The maximum atomic E-state index is 12.5. The smallest absolute Gasteiger partial charge is 0.220 e. The molecule has 0 aromatic carbocycles. The second-order valence-corrected chi connectivity index (χ2v) is 17.0. The Labute approximate surface area is 343 Å². The second-order valence-electron chi connectivity index (χ2n) is 17.0. The summed E-state index contributed by atoms with van der Waals surface area (Å²) in [4.78, 5) is 12.5. The number of unbranched alkanes of at least 4 members (excludes halogenated alkanes) is 33. The van der Waals surface area contributed by atoms with Crippen molar-refractivity contribution in [2.75, 3.05) is 6.61 Å². The van der Waals surface area contributed by atoms with Crippen LogP contribution in [0, 0.1) is 0 Å². The molecule has 0 radical (unpaired) electrons. The van der Waals surface area contributed by atoms with E-state index >= 15 is 0 Å². The molecule has 0 heterocycles. The first-order valence-corrected chi connectivity index (χ1v) is 24.6. The lowest BCUT2D eigenvalue weighted by molar-refractivity contribution is -0.124. The SMILES string of the molecule is CCCCCCCCCCCCC/C=C/CC/C=C/CCCC(O)C(O)C(CO)NC(=O)CCCCCCCCCCCCCCCCCCCCCCC. The molecule has 0 aliphatic carbocycles. The van der Waals surface area contributed by atoms with E-state index in [-0.39, 0.29) is 12.5 Å². The summed E-state index contributed by atoms with van der Waals surface area (Å²) in [6.45, 7) is 4.19. The minimum Gasteiger partial charge on any atom is -0.394 e. The van der Waals surface area contributed by atoms with E-state index in [1.165, 1.54) is 193 Å². The molecule has 0 aromatic heterocycles. The van der Waals surface area contributed by atoms with Gasteiger partial charge < -0.3 is 20.6 Å². The van der Waals surface area contributed by atoms with Crippen LogP contribution >= 0.6 is 0 Å². The molecule has 3 atom stereocenters. The number of aliphatic hydroxyl groups excluding tert-OH is 3. The van der Waals surface area contributed by atoms with Crippen molar-refractivity contribution < 1.29 is 20.1 Å². The van der Waals surface area contributed by atoms with Crippen LogP contribution in [-0.2, 0) is 4.79 Å². The van der Waals surface area contributed by atoms with E-state index in [9.17, 15) is 20.1 Å². The topological polar surface area (TPSA) is 89.8 Å². The van der Waals surface area contributed by atoms with Gasteiger partial charge in [-0.1, -0.05) is 231 Å². The van der Waals surface area contributed by atoms with Gasteiger partial charge in [0, 0.05) is 6.42 Å². The van der Waals surface area contributed by atoms with E-state index in [4.69, 9.17) is 0 Å². The highest BCUT2D eigenvalue weighted by molar-refractivity contribution is 5.76. The quantitative estimate of drug-likeness (QED) is 0.0366. The third kappa shape index (κ3) is 40.8. The molecule has 0 bridgehead atoms. The lowest BCUT2D eigenvalue weighted by Gasteiger charge is -2.26. The first-order valence-electron chi connectivity index (χ1n) is 24.6. The molecule has 0 saturated heterocycles. The first kappa shape index (κ1) is 53.8. The Bertz CT molecular complexity index is 814. The summed E-state index contributed by atoms with van der Waals surface area (Å²) in [5.74, 6) is -0.154.